The molecule has 0 saturated heterocycles. The van der Waals surface area contributed by atoms with Crippen molar-refractivity contribution in [2.45, 2.75) is 19.8 Å². The second kappa shape index (κ2) is 7.50. The number of allylic oxidation sites excluding steroid dienone is 1. The monoisotopic (exact) mass is 173 g/mol. The first-order valence-electron chi connectivity index (χ1n) is 3.70. The molecule has 4 heteroatoms. The molecule has 0 aliphatic rings. The lowest BCUT2D eigenvalue weighted by Crippen LogP contribution is -2.39. The van der Waals surface area contributed by atoms with Crippen molar-refractivity contribution in [3.8, 4) is 0 Å². The smallest absolute Gasteiger partial charge is 0.180 e. The highest BCUT2D eigenvalue weighted by atomic mass is 32.1. The molecule has 0 atom stereocenters. The van der Waals surface area contributed by atoms with Crippen molar-refractivity contribution < 1.29 is 0 Å². The highest BCUT2D eigenvalue weighted by Gasteiger charge is 1.84. The summed E-state index contributed by atoms with van der Waals surface area (Å²) in [6.45, 7) is 2.88. The Hall–Kier alpha value is -0.610. The molecule has 0 radical (unpaired) electrons. The first-order valence-corrected chi connectivity index (χ1v) is 4.11. The van der Waals surface area contributed by atoms with Gasteiger partial charge in [-0.1, -0.05) is 25.5 Å². The van der Waals surface area contributed by atoms with Gasteiger partial charge in [-0.3, -0.25) is 0 Å². The molecule has 3 nitrogen and oxygen atoms in total. The highest BCUT2D eigenvalue weighted by molar-refractivity contribution is 7.80. The normalized spacial score (nSPS) is 10.0. The van der Waals surface area contributed by atoms with Crippen LogP contribution in [0.1, 0.15) is 19.8 Å². The average molecular weight is 173 g/mol. The maximum Gasteiger partial charge on any atom is 0.180 e. The van der Waals surface area contributed by atoms with E-state index in [1.165, 1.54) is 6.42 Å². The van der Waals surface area contributed by atoms with Crippen LogP contribution in [0.5, 0.6) is 0 Å². The molecule has 0 aromatic heterocycles. The molecule has 4 N–H and O–H groups in total. The Morgan fingerprint density at radius 1 is 1.55 bits per heavy atom. The summed E-state index contributed by atoms with van der Waals surface area (Å²) in [4.78, 5) is 0. The fourth-order valence-corrected chi connectivity index (χ4v) is 0.654. The van der Waals surface area contributed by atoms with Gasteiger partial charge < -0.3 is 10.7 Å². The second-order valence-corrected chi connectivity index (χ2v) is 2.52. The third-order valence-electron chi connectivity index (χ3n) is 1.13. The van der Waals surface area contributed by atoms with E-state index in [1.54, 1.807) is 0 Å². The van der Waals surface area contributed by atoms with Gasteiger partial charge in [0.15, 0.2) is 5.11 Å². The lowest BCUT2D eigenvalue weighted by molar-refractivity contribution is 0.920. The third kappa shape index (κ3) is 7.29. The van der Waals surface area contributed by atoms with Crippen LogP contribution in [-0.4, -0.2) is 11.7 Å². The van der Waals surface area contributed by atoms with E-state index in [9.17, 15) is 0 Å². The molecule has 11 heavy (non-hydrogen) atoms. The van der Waals surface area contributed by atoms with Crippen LogP contribution in [0.2, 0.25) is 0 Å². The molecule has 0 fully saturated rings. The van der Waals surface area contributed by atoms with Crippen LogP contribution in [0.15, 0.2) is 12.2 Å². The number of hydrogen-bond donors (Lipinski definition) is 3. The van der Waals surface area contributed by atoms with Crippen LogP contribution in [0.25, 0.3) is 0 Å². The molecule has 0 saturated carbocycles. The minimum Gasteiger partial charge on any atom is -0.358 e. The Kier molecular flexibility index (Phi) is 7.08. The van der Waals surface area contributed by atoms with Crippen LogP contribution < -0.4 is 16.6 Å². The van der Waals surface area contributed by atoms with Gasteiger partial charge in [0.25, 0.3) is 0 Å². The topological polar surface area (TPSA) is 50.1 Å². The number of rotatable bonds is 4. The van der Waals surface area contributed by atoms with Crippen LogP contribution >= 0.6 is 12.2 Å². The Bertz CT molecular complexity index is 134. The number of nitrogens with one attached hydrogen (secondary N) is 2. The summed E-state index contributed by atoms with van der Waals surface area (Å²) >= 11 is 4.75. The van der Waals surface area contributed by atoms with Gasteiger partial charge in [0, 0.05) is 6.54 Å². The van der Waals surface area contributed by atoms with Crippen molar-refractivity contribution >= 4 is 17.3 Å². The quantitative estimate of drug-likeness (QED) is 0.253. The molecule has 0 unspecified atom stereocenters. The summed E-state index contributed by atoms with van der Waals surface area (Å²) < 4.78 is 0. The first-order chi connectivity index (χ1) is 5.31. The van der Waals surface area contributed by atoms with Crippen molar-refractivity contribution in [2.75, 3.05) is 6.54 Å². The summed E-state index contributed by atoms with van der Waals surface area (Å²) in [5.74, 6) is 5.04. The molecule has 0 heterocycles. The first kappa shape index (κ1) is 10.4. The molecule has 0 aliphatic heterocycles. The molecular formula is C7H15N3S. The van der Waals surface area contributed by atoms with E-state index < -0.39 is 0 Å². The van der Waals surface area contributed by atoms with Crippen LogP contribution in [0, 0.1) is 0 Å². The lowest BCUT2D eigenvalue weighted by Gasteiger charge is -2.01. The summed E-state index contributed by atoms with van der Waals surface area (Å²) in [7, 11) is 0. The molecule has 0 rings (SSSR count). The van der Waals surface area contributed by atoms with Gasteiger partial charge in [0.05, 0.1) is 0 Å². The van der Waals surface area contributed by atoms with Gasteiger partial charge >= 0.3 is 0 Å². The zero-order valence-corrected chi connectivity index (χ0v) is 7.58. The zero-order valence-electron chi connectivity index (χ0n) is 6.76. The Labute approximate surface area is 73.0 Å². The van der Waals surface area contributed by atoms with E-state index in [0.29, 0.717) is 5.11 Å². The van der Waals surface area contributed by atoms with E-state index >= 15 is 0 Å². The SMILES string of the molecule is CCC/C=C/CNC(=S)NN. The molecule has 0 amide bonds. The lowest BCUT2D eigenvalue weighted by atomic mass is 10.3. The molecule has 0 aromatic rings. The Morgan fingerprint density at radius 2 is 2.27 bits per heavy atom. The number of nitrogens with two attached hydrogens (primary N) is 1. The number of hydrogen-bond acceptors (Lipinski definition) is 2. The number of thiocarbonyl (C=S) groups is 1. The molecule has 0 spiro atoms. The van der Waals surface area contributed by atoms with E-state index in [1.807, 2.05) is 6.08 Å². The van der Waals surface area contributed by atoms with Crippen molar-refractivity contribution in [1.82, 2.24) is 10.7 Å². The molecule has 0 aromatic carbocycles. The largest absolute Gasteiger partial charge is 0.358 e. The minimum atomic E-state index is 0.478. The van der Waals surface area contributed by atoms with Gasteiger partial charge in [-0.25, -0.2) is 5.84 Å². The molecular weight excluding hydrogens is 158 g/mol. The minimum absolute atomic E-state index is 0.478. The number of hydrazine groups is 1. The Balaban J connectivity index is 3.19. The van der Waals surface area contributed by atoms with Gasteiger partial charge in [-0.15, -0.1) is 0 Å². The van der Waals surface area contributed by atoms with Crippen molar-refractivity contribution in [2.24, 2.45) is 5.84 Å². The number of unbranched alkanes of at least 4 members (excludes halogenated alkanes) is 1. The van der Waals surface area contributed by atoms with Gasteiger partial charge in [-0.2, -0.15) is 0 Å². The van der Waals surface area contributed by atoms with Gasteiger partial charge in [0.2, 0.25) is 0 Å². The van der Waals surface area contributed by atoms with Crippen molar-refractivity contribution in [3.05, 3.63) is 12.2 Å². The standard InChI is InChI=1S/C7H15N3S/c1-2-3-4-5-6-9-7(11)10-8/h4-5H,2-3,6,8H2,1H3,(H2,9,10,11)/b5-4+. The fourth-order valence-electron chi connectivity index (χ4n) is 0.571. The van der Waals surface area contributed by atoms with Crippen molar-refractivity contribution in [1.29, 1.82) is 0 Å². The van der Waals surface area contributed by atoms with E-state index in [4.69, 9.17) is 18.1 Å². The maximum atomic E-state index is 5.04. The van der Waals surface area contributed by atoms with Crippen LogP contribution in [0.3, 0.4) is 0 Å². The molecule has 64 valence electrons. The fraction of sp³-hybridized carbons (Fsp3) is 0.571. The predicted octanol–water partition coefficient (Wildman–Crippen LogP) is 0.681. The van der Waals surface area contributed by atoms with Crippen LogP contribution in [-0.2, 0) is 0 Å². The molecule has 0 bridgehead atoms. The molecule has 0 aliphatic carbocycles. The van der Waals surface area contributed by atoms with Crippen LogP contribution in [0.4, 0.5) is 0 Å². The maximum absolute atomic E-state index is 5.04. The summed E-state index contributed by atoms with van der Waals surface area (Å²) in [6, 6.07) is 0. The predicted molar refractivity (Wildman–Crippen MR) is 52.0 cm³/mol. The van der Waals surface area contributed by atoms with Gasteiger partial charge in [0.1, 0.15) is 0 Å². The van der Waals surface area contributed by atoms with E-state index in [2.05, 4.69) is 23.7 Å². The summed E-state index contributed by atoms with van der Waals surface area (Å²) in [5, 5.41) is 3.38. The van der Waals surface area contributed by atoms with E-state index in [-0.39, 0.29) is 0 Å². The summed E-state index contributed by atoms with van der Waals surface area (Å²) in [6.07, 6.45) is 6.44. The Morgan fingerprint density at radius 3 is 2.82 bits per heavy atom. The third-order valence-corrected chi connectivity index (χ3v) is 1.40. The second-order valence-electron chi connectivity index (χ2n) is 2.11. The van der Waals surface area contributed by atoms with Crippen molar-refractivity contribution in [3.63, 3.8) is 0 Å². The van der Waals surface area contributed by atoms with Gasteiger partial charge in [-0.05, 0) is 18.6 Å². The average Bonchev–Trinajstić information content (AvgIpc) is 2.04. The summed E-state index contributed by atoms with van der Waals surface area (Å²) in [5.41, 5.74) is 2.34. The van der Waals surface area contributed by atoms with E-state index in [0.717, 1.165) is 13.0 Å². The zero-order chi connectivity index (χ0) is 8.53. The highest BCUT2D eigenvalue weighted by Crippen LogP contribution is 1.86.